The van der Waals surface area contributed by atoms with E-state index in [0.717, 1.165) is 93.4 Å². The summed E-state index contributed by atoms with van der Waals surface area (Å²) in [7, 11) is 0. The summed E-state index contributed by atoms with van der Waals surface area (Å²) in [6, 6.07) is 51.6. The lowest BCUT2D eigenvalue weighted by atomic mass is 9.91. The normalized spacial score (nSPS) is 11.8. The van der Waals surface area contributed by atoms with Gasteiger partial charge in [0.15, 0.2) is 17.5 Å². The van der Waals surface area contributed by atoms with Crippen LogP contribution in [0.15, 0.2) is 167 Å². The Balaban J connectivity index is 1.24. The average molecular weight is 667 g/mol. The largest absolute Gasteiger partial charge is 0.456 e. The van der Waals surface area contributed by atoms with Crippen molar-refractivity contribution in [1.29, 1.82) is 0 Å². The fourth-order valence-corrected chi connectivity index (χ4v) is 7.64. The molecule has 11 rings (SSSR count). The molecule has 0 unspecified atom stereocenters. The predicted octanol–water partition coefficient (Wildman–Crippen LogP) is 12.0. The third-order valence-corrected chi connectivity index (χ3v) is 9.97. The van der Waals surface area contributed by atoms with Crippen molar-refractivity contribution in [3.05, 3.63) is 158 Å². The first-order valence-corrected chi connectivity index (χ1v) is 17.2. The van der Waals surface area contributed by atoms with Gasteiger partial charge in [-0.3, -0.25) is 4.98 Å². The zero-order valence-corrected chi connectivity index (χ0v) is 27.6. The molecule has 0 aliphatic carbocycles. The number of aromatic nitrogens is 4. The van der Waals surface area contributed by atoms with Crippen molar-refractivity contribution in [1.82, 2.24) is 19.9 Å². The van der Waals surface area contributed by atoms with Crippen LogP contribution in [-0.2, 0) is 0 Å². The maximum atomic E-state index is 6.49. The van der Waals surface area contributed by atoms with Gasteiger partial charge in [-0.05, 0) is 52.2 Å². The van der Waals surface area contributed by atoms with Crippen LogP contribution in [0.5, 0.6) is 0 Å². The molecular formula is C46H26N4O2. The molecule has 242 valence electrons. The molecule has 4 heterocycles. The van der Waals surface area contributed by atoms with Crippen LogP contribution in [0.4, 0.5) is 0 Å². The topological polar surface area (TPSA) is 77.8 Å². The fraction of sp³-hybridized carbons (Fsp3) is 0. The van der Waals surface area contributed by atoms with Crippen molar-refractivity contribution in [3.8, 4) is 45.3 Å². The Kier molecular flexibility index (Phi) is 6.15. The van der Waals surface area contributed by atoms with Crippen molar-refractivity contribution in [2.45, 2.75) is 0 Å². The van der Waals surface area contributed by atoms with E-state index in [1.54, 1.807) is 0 Å². The molecule has 0 radical (unpaired) electrons. The molecule has 0 N–H and O–H groups in total. The van der Waals surface area contributed by atoms with Gasteiger partial charge in [-0.15, -0.1) is 0 Å². The lowest BCUT2D eigenvalue weighted by molar-refractivity contribution is 0.668. The van der Waals surface area contributed by atoms with E-state index >= 15 is 0 Å². The van der Waals surface area contributed by atoms with Gasteiger partial charge in [-0.2, -0.15) is 0 Å². The Hall–Kier alpha value is -7.18. The monoisotopic (exact) mass is 666 g/mol. The van der Waals surface area contributed by atoms with Gasteiger partial charge >= 0.3 is 0 Å². The average Bonchev–Trinajstić information content (AvgIpc) is 3.77. The van der Waals surface area contributed by atoms with Crippen LogP contribution in [0, 0.1) is 0 Å². The summed E-state index contributed by atoms with van der Waals surface area (Å²) in [4.78, 5) is 20.3. The minimum Gasteiger partial charge on any atom is -0.456 e. The lowest BCUT2D eigenvalue weighted by Gasteiger charge is -2.15. The minimum atomic E-state index is 0.575. The Labute approximate surface area is 296 Å². The van der Waals surface area contributed by atoms with E-state index in [0.29, 0.717) is 17.5 Å². The van der Waals surface area contributed by atoms with Crippen LogP contribution in [-0.4, -0.2) is 19.9 Å². The number of fused-ring (bicyclic) bond motifs is 8. The minimum absolute atomic E-state index is 0.575. The molecule has 52 heavy (non-hydrogen) atoms. The number of para-hydroxylation sites is 1. The number of nitrogens with zero attached hydrogens (tertiary/aromatic N) is 4. The SMILES string of the molecule is c1ccc(-c2nc(-c3c(-c4cccc5oc6cc7ncccc7cc6c45)ccc4ccccc34)nc(-c3cccc4oc5ccccc5c34)n2)cc1. The fourth-order valence-electron chi connectivity index (χ4n) is 7.64. The smallest absolute Gasteiger partial charge is 0.165 e. The summed E-state index contributed by atoms with van der Waals surface area (Å²) in [5.74, 6) is 1.75. The van der Waals surface area contributed by atoms with Gasteiger partial charge in [-0.1, -0.05) is 115 Å². The van der Waals surface area contributed by atoms with Gasteiger partial charge in [0.1, 0.15) is 22.3 Å². The van der Waals surface area contributed by atoms with Gasteiger partial charge in [-0.25, -0.2) is 15.0 Å². The third-order valence-electron chi connectivity index (χ3n) is 9.97. The molecule has 6 nitrogen and oxygen atoms in total. The second-order valence-corrected chi connectivity index (χ2v) is 13.0. The van der Waals surface area contributed by atoms with Crippen molar-refractivity contribution < 1.29 is 8.83 Å². The van der Waals surface area contributed by atoms with Crippen molar-refractivity contribution >= 4 is 65.6 Å². The highest BCUT2D eigenvalue weighted by atomic mass is 16.3. The number of furan rings is 2. The van der Waals surface area contributed by atoms with Crippen molar-refractivity contribution in [2.75, 3.05) is 0 Å². The zero-order valence-electron chi connectivity index (χ0n) is 27.6. The van der Waals surface area contributed by atoms with Gasteiger partial charge < -0.3 is 8.83 Å². The Morgan fingerprint density at radius 3 is 1.94 bits per heavy atom. The number of hydrogen-bond acceptors (Lipinski definition) is 6. The van der Waals surface area contributed by atoms with Crippen molar-refractivity contribution in [3.63, 3.8) is 0 Å². The standard InChI is InChI=1S/C46H26N4O2/c1-2-12-28(13-3-1)44-48-45(34-18-9-21-39-42(34)33-16-6-7-19-37(33)51-39)50-46(49-44)43-30-15-5-4-11-27(30)22-23-32(43)31-17-8-20-38-41(31)35-25-29-14-10-24-47-36(29)26-40(35)52-38/h1-26H. The number of benzene rings is 7. The van der Waals surface area contributed by atoms with E-state index in [1.807, 2.05) is 85.1 Å². The van der Waals surface area contributed by atoms with Gasteiger partial charge in [0.2, 0.25) is 0 Å². The summed E-state index contributed by atoms with van der Waals surface area (Å²) < 4.78 is 12.8. The quantitative estimate of drug-likeness (QED) is 0.186. The van der Waals surface area contributed by atoms with Crippen LogP contribution in [0.2, 0.25) is 0 Å². The molecule has 6 heteroatoms. The third kappa shape index (κ3) is 4.38. The Morgan fingerprint density at radius 1 is 0.385 bits per heavy atom. The second kappa shape index (κ2) is 11.2. The van der Waals surface area contributed by atoms with E-state index in [9.17, 15) is 0 Å². The molecule has 0 fully saturated rings. The summed E-state index contributed by atoms with van der Waals surface area (Å²) in [6.07, 6.45) is 1.81. The maximum absolute atomic E-state index is 6.49. The first-order chi connectivity index (χ1) is 25.8. The summed E-state index contributed by atoms with van der Waals surface area (Å²) in [6.45, 7) is 0. The Bertz CT molecular complexity index is 3200. The van der Waals surface area contributed by atoms with E-state index in [4.69, 9.17) is 23.8 Å². The highest BCUT2D eigenvalue weighted by molar-refractivity contribution is 6.18. The highest BCUT2D eigenvalue weighted by Crippen LogP contribution is 2.44. The Morgan fingerprint density at radius 2 is 1.06 bits per heavy atom. The van der Waals surface area contributed by atoms with Crippen LogP contribution >= 0.6 is 0 Å². The molecule has 0 spiro atoms. The molecule has 0 aliphatic rings. The molecule has 0 saturated carbocycles. The highest BCUT2D eigenvalue weighted by Gasteiger charge is 2.23. The van der Waals surface area contributed by atoms with Gasteiger partial charge in [0.05, 0.1) is 5.52 Å². The molecule has 4 aromatic heterocycles. The zero-order chi connectivity index (χ0) is 34.2. The lowest BCUT2D eigenvalue weighted by Crippen LogP contribution is -2.02. The van der Waals surface area contributed by atoms with Gasteiger partial charge in [0, 0.05) is 55.9 Å². The molecular weight excluding hydrogens is 641 g/mol. The molecule has 0 amide bonds. The number of rotatable bonds is 4. The molecule has 0 bridgehead atoms. The number of pyridine rings is 1. The maximum Gasteiger partial charge on any atom is 0.165 e. The van der Waals surface area contributed by atoms with Crippen LogP contribution in [0.1, 0.15) is 0 Å². The van der Waals surface area contributed by atoms with E-state index < -0.39 is 0 Å². The summed E-state index contributed by atoms with van der Waals surface area (Å²) in [5, 5.41) is 7.25. The molecule has 0 saturated heterocycles. The van der Waals surface area contributed by atoms with E-state index in [1.165, 1.54) is 0 Å². The van der Waals surface area contributed by atoms with Crippen LogP contribution in [0.3, 0.4) is 0 Å². The van der Waals surface area contributed by atoms with E-state index in [2.05, 4.69) is 77.8 Å². The molecule has 7 aromatic carbocycles. The summed E-state index contributed by atoms with van der Waals surface area (Å²) in [5.41, 5.74) is 8.85. The van der Waals surface area contributed by atoms with Gasteiger partial charge in [0.25, 0.3) is 0 Å². The summed E-state index contributed by atoms with van der Waals surface area (Å²) >= 11 is 0. The first kappa shape index (κ1) is 28.6. The van der Waals surface area contributed by atoms with E-state index in [-0.39, 0.29) is 0 Å². The van der Waals surface area contributed by atoms with Crippen molar-refractivity contribution in [2.24, 2.45) is 0 Å². The van der Waals surface area contributed by atoms with Crippen LogP contribution in [0.25, 0.3) is 111 Å². The molecule has 0 aliphatic heterocycles. The number of hydrogen-bond donors (Lipinski definition) is 0. The first-order valence-electron chi connectivity index (χ1n) is 17.2. The molecule has 11 aromatic rings. The second-order valence-electron chi connectivity index (χ2n) is 13.0. The molecule has 0 atom stereocenters. The predicted molar refractivity (Wildman–Crippen MR) is 209 cm³/mol. The van der Waals surface area contributed by atoms with Crippen LogP contribution < -0.4 is 0 Å².